The molecule has 0 aliphatic heterocycles. The highest BCUT2D eigenvalue weighted by atomic mass is 35.5. The highest BCUT2D eigenvalue weighted by Crippen LogP contribution is 2.27. The summed E-state index contributed by atoms with van der Waals surface area (Å²) >= 11 is 12.6. The number of halogens is 6. The highest BCUT2D eigenvalue weighted by Gasteiger charge is 2.26. The van der Waals surface area contributed by atoms with Crippen molar-refractivity contribution in [2.24, 2.45) is 0 Å². The molecule has 0 bridgehead atoms. The van der Waals surface area contributed by atoms with Crippen LogP contribution in [0.4, 0.5) is 17.6 Å². The van der Waals surface area contributed by atoms with Crippen LogP contribution in [0.25, 0.3) is 0 Å². The predicted octanol–water partition coefficient (Wildman–Crippen LogP) is 5.40. The van der Waals surface area contributed by atoms with Crippen LogP contribution in [-0.2, 0) is 16.1 Å². The molecule has 3 amide bonds. The van der Waals surface area contributed by atoms with Crippen LogP contribution in [0.15, 0.2) is 72.8 Å². The number of esters is 2. The molecule has 0 unspecified atom stereocenters. The lowest BCUT2D eigenvalue weighted by Gasteiger charge is -2.18. The molecule has 49 heavy (non-hydrogen) atoms. The molecule has 0 spiro atoms. The molecule has 0 saturated carbocycles. The average Bonchev–Trinajstić information content (AvgIpc) is 3.03. The molecule has 0 fully saturated rings. The zero-order valence-electron chi connectivity index (χ0n) is 25.0. The van der Waals surface area contributed by atoms with Gasteiger partial charge in [-0.2, -0.15) is 0 Å². The Morgan fingerprint density at radius 1 is 0.694 bits per heavy atom. The van der Waals surface area contributed by atoms with Crippen molar-refractivity contribution in [3.63, 3.8) is 0 Å². The van der Waals surface area contributed by atoms with E-state index in [2.05, 4.69) is 20.7 Å². The van der Waals surface area contributed by atoms with E-state index in [4.69, 9.17) is 27.9 Å². The van der Waals surface area contributed by atoms with Crippen LogP contribution < -0.4 is 20.7 Å². The molecule has 1 atom stereocenters. The first-order chi connectivity index (χ1) is 23.2. The molecule has 0 radical (unpaired) electrons. The largest absolute Gasteiger partial charge is 0.467 e. The number of benzene rings is 4. The molecule has 254 valence electrons. The highest BCUT2D eigenvalue weighted by molar-refractivity contribution is 6.40. The van der Waals surface area contributed by atoms with Gasteiger partial charge in [0.2, 0.25) is 0 Å². The summed E-state index contributed by atoms with van der Waals surface area (Å²) in [6.45, 7) is -0.625. The maximum absolute atomic E-state index is 13.5. The third-order valence-corrected chi connectivity index (χ3v) is 7.17. The summed E-state index contributed by atoms with van der Waals surface area (Å²) in [4.78, 5) is 63.0. The van der Waals surface area contributed by atoms with Crippen molar-refractivity contribution in [3.05, 3.63) is 134 Å². The number of nitrogens with one attached hydrogen (secondary N) is 3. The van der Waals surface area contributed by atoms with Gasteiger partial charge in [-0.1, -0.05) is 35.3 Å². The van der Waals surface area contributed by atoms with Crippen LogP contribution in [0, 0.1) is 23.3 Å². The summed E-state index contributed by atoms with van der Waals surface area (Å²) < 4.78 is 63.7. The Morgan fingerprint density at radius 3 is 1.80 bits per heavy atom. The summed E-state index contributed by atoms with van der Waals surface area (Å²) in [5.74, 6) is -8.44. The van der Waals surface area contributed by atoms with Crippen molar-refractivity contribution >= 4 is 52.9 Å². The zero-order valence-corrected chi connectivity index (χ0v) is 26.6. The Labute approximate surface area is 285 Å². The van der Waals surface area contributed by atoms with Gasteiger partial charge in [-0.3, -0.25) is 14.4 Å². The predicted molar refractivity (Wildman–Crippen MR) is 167 cm³/mol. The van der Waals surface area contributed by atoms with Crippen molar-refractivity contribution in [2.75, 3.05) is 13.7 Å². The van der Waals surface area contributed by atoms with Gasteiger partial charge in [0.15, 0.2) is 0 Å². The van der Waals surface area contributed by atoms with Crippen molar-refractivity contribution in [3.8, 4) is 5.75 Å². The number of ether oxygens (including phenoxy) is 2. The molecule has 10 nitrogen and oxygen atoms in total. The van der Waals surface area contributed by atoms with Crippen molar-refractivity contribution in [1.29, 1.82) is 0 Å². The Balaban J connectivity index is 1.39. The summed E-state index contributed by atoms with van der Waals surface area (Å²) in [5.41, 5.74) is -0.613. The van der Waals surface area contributed by atoms with E-state index in [1.807, 2.05) is 0 Å². The first kappa shape index (κ1) is 36.4. The van der Waals surface area contributed by atoms with Gasteiger partial charge in [0.1, 0.15) is 35.1 Å². The number of hydrogen-bond acceptors (Lipinski definition) is 7. The summed E-state index contributed by atoms with van der Waals surface area (Å²) in [6.07, 6.45) is 0. The fourth-order valence-corrected chi connectivity index (χ4v) is 4.97. The molecule has 0 heterocycles. The van der Waals surface area contributed by atoms with Gasteiger partial charge >= 0.3 is 11.9 Å². The first-order valence-corrected chi connectivity index (χ1v) is 14.7. The van der Waals surface area contributed by atoms with E-state index in [9.17, 15) is 41.5 Å². The minimum absolute atomic E-state index is 0.0376. The lowest BCUT2D eigenvalue weighted by atomic mass is 10.1. The van der Waals surface area contributed by atoms with Crippen LogP contribution in [0.1, 0.15) is 47.0 Å². The molecule has 16 heteroatoms. The SMILES string of the molecule is COC(=O)[C@H](CNC(=O)c1cc(F)cc(F)c1)NC(=O)c1c(Cl)cc(C(=O)NCc2cccc(OC(=O)c3cc(F)cc(F)c3)c2)cc1Cl. The Bertz CT molecular complexity index is 1900. The maximum Gasteiger partial charge on any atom is 0.343 e. The van der Waals surface area contributed by atoms with E-state index < -0.39 is 65.5 Å². The minimum atomic E-state index is -1.49. The summed E-state index contributed by atoms with van der Waals surface area (Å²) in [5, 5.41) is 6.63. The second-order valence-corrected chi connectivity index (χ2v) is 10.9. The Morgan fingerprint density at radius 2 is 1.22 bits per heavy atom. The molecule has 0 aliphatic rings. The number of carbonyl (C=O) groups is 5. The average molecular weight is 720 g/mol. The lowest BCUT2D eigenvalue weighted by molar-refractivity contribution is -0.142. The standard InChI is InChI=1S/C33H23Cl2F4N3O7/c1-48-33(47)27(15-41-29(43)17-6-20(36)12-21(37)7-17)42-31(45)28-25(34)10-18(11-26(28)35)30(44)40-14-16-3-2-4-24(5-16)49-32(46)19-8-22(38)13-23(39)9-19/h2-13,27H,14-15H2,1H3,(H,40,44)(H,41,43)(H,42,45)/t27-/m0/s1. The second kappa shape index (κ2) is 16.1. The van der Waals surface area contributed by atoms with E-state index in [1.165, 1.54) is 18.2 Å². The fraction of sp³-hybridized carbons (Fsp3) is 0.121. The van der Waals surface area contributed by atoms with Crippen LogP contribution in [0.5, 0.6) is 5.75 Å². The van der Waals surface area contributed by atoms with Crippen LogP contribution in [0.2, 0.25) is 10.0 Å². The number of amides is 3. The molecule has 4 aromatic carbocycles. The molecule has 0 aliphatic carbocycles. The number of hydrogen-bond donors (Lipinski definition) is 3. The monoisotopic (exact) mass is 719 g/mol. The fourth-order valence-electron chi connectivity index (χ4n) is 4.31. The van der Waals surface area contributed by atoms with Gasteiger partial charge in [-0.15, -0.1) is 0 Å². The molecule has 4 aromatic rings. The molecule has 3 N–H and O–H groups in total. The molecule has 4 rings (SSSR count). The van der Waals surface area contributed by atoms with Gasteiger partial charge in [0, 0.05) is 36.3 Å². The topological polar surface area (TPSA) is 140 Å². The van der Waals surface area contributed by atoms with Gasteiger partial charge in [0.25, 0.3) is 17.7 Å². The Hall–Kier alpha value is -5.47. The molecular formula is C33H23Cl2F4N3O7. The first-order valence-electron chi connectivity index (χ1n) is 13.9. The van der Waals surface area contributed by atoms with Crippen molar-refractivity contribution in [2.45, 2.75) is 12.6 Å². The third kappa shape index (κ3) is 9.78. The van der Waals surface area contributed by atoms with E-state index in [0.717, 1.165) is 43.5 Å². The zero-order chi connectivity index (χ0) is 35.8. The molecule has 0 aromatic heterocycles. The van der Waals surface area contributed by atoms with Gasteiger partial charge in [0.05, 0.1) is 28.3 Å². The van der Waals surface area contributed by atoms with Gasteiger partial charge in [-0.05, 0) is 54.1 Å². The number of carbonyl (C=O) groups excluding carboxylic acids is 5. The van der Waals surface area contributed by atoms with Crippen molar-refractivity contribution in [1.82, 2.24) is 16.0 Å². The normalized spacial score (nSPS) is 11.2. The third-order valence-electron chi connectivity index (χ3n) is 6.57. The lowest BCUT2D eigenvalue weighted by Crippen LogP contribution is -2.49. The minimum Gasteiger partial charge on any atom is -0.467 e. The molecule has 0 saturated heterocycles. The second-order valence-electron chi connectivity index (χ2n) is 10.1. The van der Waals surface area contributed by atoms with Gasteiger partial charge < -0.3 is 25.4 Å². The quantitative estimate of drug-likeness (QED) is 0.107. The Kier molecular flexibility index (Phi) is 11.9. The van der Waals surface area contributed by atoms with Gasteiger partial charge in [-0.25, -0.2) is 27.2 Å². The van der Waals surface area contributed by atoms with E-state index in [-0.39, 0.29) is 44.6 Å². The van der Waals surface area contributed by atoms with Crippen LogP contribution in [0.3, 0.4) is 0 Å². The van der Waals surface area contributed by atoms with Crippen LogP contribution >= 0.6 is 23.2 Å². The van der Waals surface area contributed by atoms with Crippen molar-refractivity contribution < 1.29 is 51.0 Å². The number of methoxy groups -OCH3 is 1. The van der Waals surface area contributed by atoms with Crippen LogP contribution in [-0.4, -0.2) is 49.4 Å². The molecular weight excluding hydrogens is 697 g/mol. The summed E-state index contributed by atoms with van der Waals surface area (Å²) in [6, 6.07) is 11.1. The number of rotatable bonds is 11. The smallest absolute Gasteiger partial charge is 0.343 e. The van der Waals surface area contributed by atoms with E-state index in [0.29, 0.717) is 17.7 Å². The van der Waals surface area contributed by atoms with E-state index in [1.54, 1.807) is 6.07 Å². The van der Waals surface area contributed by atoms with E-state index >= 15 is 0 Å². The summed E-state index contributed by atoms with van der Waals surface area (Å²) in [7, 11) is 1.02. The maximum atomic E-state index is 13.5.